The van der Waals surface area contributed by atoms with Crippen LogP contribution < -0.4 is 0 Å². The van der Waals surface area contributed by atoms with Gasteiger partial charge < -0.3 is 4.74 Å². The van der Waals surface area contributed by atoms with Crippen LogP contribution in [-0.4, -0.2) is 47.7 Å². The van der Waals surface area contributed by atoms with Gasteiger partial charge in [-0.25, -0.2) is 0 Å². The third kappa shape index (κ3) is 2.26. The van der Waals surface area contributed by atoms with Crippen molar-refractivity contribution in [1.82, 2.24) is 4.90 Å². The molecule has 22 heavy (non-hydrogen) atoms. The molecule has 1 saturated heterocycles. The van der Waals surface area contributed by atoms with Crippen molar-refractivity contribution in [3.05, 3.63) is 41.0 Å². The maximum atomic E-state index is 5.55. The molecular weight excluding hydrogens is 290 g/mol. The highest BCUT2D eigenvalue weighted by atomic mass is 32.2. The lowest BCUT2D eigenvalue weighted by Gasteiger charge is -2.46. The fourth-order valence-electron chi connectivity index (χ4n) is 4.33. The van der Waals surface area contributed by atoms with Gasteiger partial charge in [0, 0.05) is 19.1 Å². The van der Waals surface area contributed by atoms with Crippen LogP contribution in [0.1, 0.15) is 31.4 Å². The van der Waals surface area contributed by atoms with Crippen molar-refractivity contribution < 1.29 is 4.74 Å². The third-order valence-corrected chi connectivity index (χ3v) is 7.41. The van der Waals surface area contributed by atoms with Crippen molar-refractivity contribution in [3.63, 3.8) is 0 Å². The first kappa shape index (κ1) is 14.8. The molecule has 0 amide bonds. The SMILES string of the molecule is CC(N1CCOCC1)C1(C)SCCC2=C1Cc1ccccc12. The molecule has 3 aliphatic rings. The van der Waals surface area contributed by atoms with Crippen LogP contribution in [0.2, 0.25) is 0 Å². The summed E-state index contributed by atoms with van der Waals surface area (Å²) < 4.78 is 5.79. The Hall–Kier alpha value is -0.770. The molecule has 1 fully saturated rings. The molecule has 2 atom stereocenters. The molecule has 0 saturated carbocycles. The molecule has 118 valence electrons. The zero-order valence-electron chi connectivity index (χ0n) is 13.6. The lowest BCUT2D eigenvalue weighted by Crippen LogP contribution is -2.53. The fourth-order valence-corrected chi connectivity index (χ4v) is 5.82. The van der Waals surface area contributed by atoms with Gasteiger partial charge in [0.1, 0.15) is 0 Å². The zero-order chi connectivity index (χ0) is 15.2. The summed E-state index contributed by atoms with van der Waals surface area (Å²) in [4.78, 5) is 2.63. The van der Waals surface area contributed by atoms with Crippen LogP contribution in [0.3, 0.4) is 0 Å². The number of ether oxygens (including phenoxy) is 1. The molecule has 1 aliphatic carbocycles. The molecule has 2 unspecified atom stereocenters. The number of nitrogens with zero attached hydrogens (tertiary/aromatic N) is 1. The van der Waals surface area contributed by atoms with E-state index >= 15 is 0 Å². The topological polar surface area (TPSA) is 12.5 Å². The molecule has 2 nitrogen and oxygen atoms in total. The molecule has 0 bridgehead atoms. The Kier molecular flexibility index (Phi) is 3.83. The minimum absolute atomic E-state index is 0.240. The molecule has 1 aromatic carbocycles. The number of morpholine rings is 1. The molecule has 2 aliphatic heterocycles. The molecule has 0 N–H and O–H groups in total. The second kappa shape index (κ2) is 5.70. The van der Waals surface area contributed by atoms with Crippen LogP contribution in [0.4, 0.5) is 0 Å². The first-order valence-corrected chi connectivity index (χ1v) is 9.45. The number of rotatable bonds is 2. The summed E-state index contributed by atoms with van der Waals surface area (Å²) in [6.45, 7) is 8.84. The average molecular weight is 315 g/mol. The highest BCUT2D eigenvalue weighted by molar-refractivity contribution is 8.01. The summed E-state index contributed by atoms with van der Waals surface area (Å²) in [6.07, 6.45) is 2.39. The normalized spacial score (nSPS) is 30.1. The first-order chi connectivity index (χ1) is 10.7. The predicted octanol–water partition coefficient (Wildman–Crippen LogP) is 3.61. The Morgan fingerprint density at radius 2 is 2.00 bits per heavy atom. The lowest BCUT2D eigenvalue weighted by atomic mass is 9.87. The van der Waals surface area contributed by atoms with Crippen molar-refractivity contribution in [2.75, 3.05) is 32.1 Å². The van der Waals surface area contributed by atoms with E-state index < -0.39 is 0 Å². The highest BCUT2D eigenvalue weighted by Crippen LogP contribution is 2.52. The molecule has 0 aromatic heterocycles. The Morgan fingerprint density at radius 3 is 2.82 bits per heavy atom. The minimum Gasteiger partial charge on any atom is -0.379 e. The average Bonchev–Trinajstić information content (AvgIpc) is 2.96. The van der Waals surface area contributed by atoms with E-state index in [1.165, 1.54) is 23.3 Å². The first-order valence-electron chi connectivity index (χ1n) is 8.46. The summed E-state index contributed by atoms with van der Waals surface area (Å²) in [6, 6.07) is 9.60. The monoisotopic (exact) mass is 315 g/mol. The number of hydrogen-bond donors (Lipinski definition) is 0. The summed E-state index contributed by atoms with van der Waals surface area (Å²) in [5.41, 5.74) is 6.41. The largest absolute Gasteiger partial charge is 0.379 e. The zero-order valence-corrected chi connectivity index (χ0v) is 14.4. The van der Waals surface area contributed by atoms with Crippen molar-refractivity contribution in [1.29, 1.82) is 0 Å². The Morgan fingerprint density at radius 1 is 1.23 bits per heavy atom. The van der Waals surface area contributed by atoms with Gasteiger partial charge in [-0.2, -0.15) is 0 Å². The molecule has 2 heterocycles. The van der Waals surface area contributed by atoms with Gasteiger partial charge in [-0.3, -0.25) is 4.90 Å². The summed E-state index contributed by atoms with van der Waals surface area (Å²) in [5.74, 6) is 1.25. The standard InChI is InChI=1S/C19H25NOS/c1-14(20-8-10-21-11-9-20)19(2)18-13-15-5-3-4-6-16(15)17(18)7-12-22-19/h3-6,14H,7-13H2,1-2H3. The summed E-state index contributed by atoms with van der Waals surface area (Å²) >= 11 is 2.17. The van der Waals surface area contributed by atoms with E-state index in [1.54, 1.807) is 11.1 Å². The van der Waals surface area contributed by atoms with Crippen LogP contribution in [-0.2, 0) is 11.2 Å². The van der Waals surface area contributed by atoms with E-state index in [-0.39, 0.29) is 4.75 Å². The molecular formula is C19H25NOS. The number of thioether (sulfide) groups is 1. The van der Waals surface area contributed by atoms with Gasteiger partial charge >= 0.3 is 0 Å². The van der Waals surface area contributed by atoms with Gasteiger partial charge in [0.2, 0.25) is 0 Å². The number of benzene rings is 1. The summed E-state index contributed by atoms with van der Waals surface area (Å²) in [5, 5.41) is 0. The quantitative estimate of drug-likeness (QED) is 0.827. The Labute approximate surface area is 137 Å². The van der Waals surface area contributed by atoms with Gasteiger partial charge in [-0.05, 0) is 54.7 Å². The maximum Gasteiger partial charge on any atom is 0.0594 e. The Balaban J connectivity index is 1.68. The van der Waals surface area contributed by atoms with Crippen LogP contribution in [0.5, 0.6) is 0 Å². The van der Waals surface area contributed by atoms with Crippen molar-refractivity contribution in [2.24, 2.45) is 0 Å². The van der Waals surface area contributed by atoms with Crippen LogP contribution in [0, 0.1) is 0 Å². The molecule has 1 aromatic rings. The van der Waals surface area contributed by atoms with E-state index in [9.17, 15) is 0 Å². The van der Waals surface area contributed by atoms with Crippen LogP contribution in [0.15, 0.2) is 29.8 Å². The van der Waals surface area contributed by atoms with Gasteiger partial charge in [0.05, 0.1) is 18.0 Å². The Bertz CT molecular complexity index is 605. The van der Waals surface area contributed by atoms with E-state index in [1.807, 2.05) is 0 Å². The molecule has 4 rings (SSSR count). The van der Waals surface area contributed by atoms with E-state index in [0.29, 0.717) is 6.04 Å². The molecule has 0 radical (unpaired) electrons. The van der Waals surface area contributed by atoms with Gasteiger partial charge in [-0.15, -0.1) is 11.8 Å². The minimum atomic E-state index is 0.240. The van der Waals surface area contributed by atoms with Crippen molar-refractivity contribution >= 4 is 17.3 Å². The van der Waals surface area contributed by atoms with Crippen LogP contribution >= 0.6 is 11.8 Å². The third-order valence-electron chi connectivity index (χ3n) is 5.82. The summed E-state index contributed by atoms with van der Waals surface area (Å²) in [7, 11) is 0. The van der Waals surface area contributed by atoms with Gasteiger partial charge in [0.15, 0.2) is 0 Å². The van der Waals surface area contributed by atoms with Gasteiger partial charge in [-0.1, -0.05) is 24.3 Å². The maximum absolute atomic E-state index is 5.55. The number of allylic oxidation sites excluding steroid dienone is 1. The highest BCUT2D eigenvalue weighted by Gasteiger charge is 2.44. The lowest BCUT2D eigenvalue weighted by molar-refractivity contribution is 0.0156. The van der Waals surface area contributed by atoms with Gasteiger partial charge in [0.25, 0.3) is 0 Å². The smallest absolute Gasteiger partial charge is 0.0594 e. The number of fused-ring (bicyclic) bond motifs is 2. The number of hydrogen-bond acceptors (Lipinski definition) is 3. The second-order valence-electron chi connectivity index (χ2n) is 6.82. The van der Waals surface area contributed by atoms with E-state index in [2.05, 4.69) is 54.8 Å². The second-order valence-corrected chi connectivity index (χ2v) is 8.37. The van der Waals surface area contributed by atoms with E-state index in [4.69, 9.17) is 4.74 Å². The van der Waals surface area contributed by atoms with E-state index in [0.717, 1.165) is 32.7 Å². The predicted molar refractivity (Wildman–Crippen MR) is 94.4 cm³/mol. The van der Waals surface area contributed by atoms with Crippen molar-refractivity contribution in [2.45, 2.75) is 37.5 Å². The van der Waals surface area contributed by atoms with Crippen LogP contribution in [0.25, 0.3) is 5.57 Å². The van der Waals surface area contributed by atoms with Crippen molar-refractivity contribution in [3.8, 4) is 0 Å². The fraction of sp³-hybridized carbons (Fsp3) is 0.579. The molecule has 3 heteroatoms. The molecule has 0 spiro atoms.